The first kappa shape index (κ1) is 13.6. The van der Waals surface area contributed by atoms with Gasteiger partial charge in [-0.1, -0.05) is 37.3 Å². The lowest BCUT2D eigenvalue weighted by atomic mass is 9.66. The highest BCUT2D eigenvalue weighted by Gasteiger charge is 2.34. The lowest BCUT2D eigenvalue weighted by Crippen LogP contribution is -2.31. The van der Waals surface area contributed by atoms with Crippen molar-refractivity contribution >= 4 is 28.7 Å². The van der Waals surface area contributed by atoms with Gasteiger partial charge in [0.15, 0.2) is 0 Å². The lowest BCUT2D eigenvalue weighted by molar-refractivity contribution is -0.124. The van der Waals surface area contributed by atoms with Crippen LogP contribution in [0.2, 0.25) is 4.34 Å². The number of Topliss-reactive ketones (excluding diaryl/α,β-unsaturated/α-hetero) is 1. The van der Waals surface area contributed by atoms with Crippen LogP contribution in [0.25, 0.3) is 0 Å². The van der Waals surface area contributed by atoms with E-state index in [0.29, 0.717) is 18.1 Å². The molecule has 3 heteroatoms. The van der Waals surface area contributed by atoms with Crippen LogP contribution in [0, 0.1) is 17.8 Å². The Labute approximate surface area is 124 Å². The zero-order valence-corrected chi connectivity index (χ0v) is 12.8. The van der Waals surface area contributed by atoms with Crippen molar-refractivity contribution in [3.63, 3.8) is 0 Å². The normalized spacial score (nSPS) is 30.9. The van der Waals surface area contributed by atoms with Crippen LogP contribution in [-0.4, -0.2) is 5.78 Å². The highest BCUT2D eigenvalue weighted by atomic mass is 35.5. The van der Waals surface area contributed by atoms with Gasteiger partial charge in [0.05, 0.1) is 4.34 Å². The molecule has 1 heterocycles. The minimum atomic E-state index is 0.320. The third-order valence-corrected chi connectivity index (χ3v) is 6.20. The molecule has 0 spiro atoms. The number of carbonyl (C=O) groups is 1. The molecule has 1 aromatic heterocycles. The molecule has 3 atom stereocenters. The Balaban J connectivity index is 1.58. The molecular formula is C16H21ClOS. The van der Waals surface area contributed by atoms with E-state index in [1.807, 2.05) is 12.1 Å². The summed E-state index contributed by atoms with van der Waals surface area (Å²) in [5.74, 6) is 2.53. The van der Waals surface area contributed by atoms with E-state index in [-0.39, 0.29) is 0 Å². The number of ketones is 1. The predicted octanol–water partition coefficient (Wildman–Crippen LogP) is 5.12. The van der Waals surface area contributed by atoms with Gasteiger partial charge in [0, 0.05) is 17.2 Å². The third-order valence-electron chi connectivity index (χ3n) is 4.97. The van der Waals surface area contributed by atoms with Crippen LogP contribution in [0.3, 0.4) is 0 Å². The Morgan fingerprint density at radius 2 is 1.95 bits per heavy atom. The van der Waals surface area contributed by atoms with Gasteiger partial charge in [-0.3, -0.25) is 4.79 Å². The molecule has 0 aliphatic heterocycles. The number of thiophene rings is 1. The van der Waals surface area contributed by atoms with Gasteiger partial charge >= 0.3 is 0 Å². The molecule has 2 aliphatic carbocycles. The van der Waals surface area contributed by atoms with Crippen molar-refractivity contribution in [2.75, 3.05) is 0 Å². The quantitative estimate of drug-likeness (QED) is 0.756. The van der Waals surface area contributed by atoms with Crippen LogP contribution < -0.4 is 0 Å². The van der Waals surface area contributed by atoms with Crippen LogP contribution >= 0.6 is 22.9 Å². The first-order valence-electron chi connectivity index (χ1n) is 7.49. The van der Waals surface area contributed by atoms with Crippen molar-refractivity contribution in [2.24, 2.45) is 17.8 Å². The van der Waals surface area contributed by atoms with E-state index in [1.165, 1.54) is 32.1 Å². The van der Waals surface area contributed by atoms with Crippen molar-refractivity contribution < 1.29 is 4.79 Å². The topological polar surface area (TPSA) is 17.1 Å². The molecule has 0 N–H and O–H groups in total. The molecule has 0 bridgehead atoms. The minimum Gasteiger partial charge on any atom is -0.299 e. The van der Waals surface area contributed by atoms with Gasteiger partial charge in [-0.25, -0.2) is 0 Å². The van der Waals surface area contributed by atoms with E-state index >= 15 is 0 Å². The number of carbonyl (C=O) groups excluding carboxylic acids is 1. The summed E-state index contributed by atoms with van der Waals surface area (Å²) < 4.78 is 0.791. The standard InChI is InChI=1S/C16H21ClOS/c17-16-8-7-14(19-16)10-15(18)13-6-5-11-3-1-2-4-12(11)9-13/h7-8,11-13H,1-6,9-10H2. The fourth-order valence-corrected chi connectivity index (χ4v) is 5.03. The molecule has 2 aliphatic rings. The molecule has 1 aromatic rings. The zero-order chi connectivity index (χ0) is 13.2. The summed E-state index contributed by atoms with van der Waals surface area (Å²) in [7, 11) is 0. The van der Waals surface area contributed by atoms with Crippen molar-refractivity contribution in [1.82, 2.24) is 0 Å². The molecule has 1 nitrogen and oxygen atoms in total. The lowest BCUT2D eigenvalue weighted by Gasteiger charge is -2.38. The van der Waals surface area contributed by atoms with Crippen LogP contribution in [0.4, 0.5) is 0 Å². The molecule has 104 valence electrons. The molecule has 0 radical (unpaired) electrons. The molecule has 3 unspecified atom stereocenters. The fourth-order valence-electron chi connectivity index (χ4n) is 3.93. The largest absolute Gasteiger partial charge is 0.299 e. The fraction of sp³-hybridized carbons (Fsp3) is 0.688. The average Bonchev–Trinajstić information content (AvgIpc) is 2.83. The highest BCUT2D eigenvalue weighted by molar-refractivity contribution is 7.16. The Hall–Kier alpha value is -0.340. The summed E-state index contributed by atoms with van der Waals surface area (Å²) in [6, 6.07) is 3.89. The summed E-state index contributed by atoms with van der Waals surface area (Å²) >= 11 is 7.48. The molecule has 0 aromatic carbocycles. The van der Waals surface area contributed by atoms with E-state index in [1.54, 1.807) is 11.3 Å². The first-order valence-corrected chi connectivity index (χ1v) is 8.69. The SMILES string of the molecule is O=C(Cc1ccc(Cl)s1)C1CCC2CCCCC2C1. The van der Waals surface area contributed by atoms with Crippen molar-refractivity contribution in [3.05, 3.63) is 21.3 Å². The molecule has 2 saturated carbocycles. The monoisotopic (exact) mass is 296 g/mol. The van der Waals surface area contributed by atoms with E-state index in [4.69, 9.17) is 11.6 Å². The highest BCUT2D eigenvalue weighted by Crippen LogP contribution is 2.43. The Morgan fingerprint density at radius 1 is 1.16 bits per heavy atom. The van der Waals surface area contributed by atoms with Gasteiger partial charge in [0.2, 0.25) is 0 Å². The van der Waals surface area contributed by atoms with Gasteiger partial charge in [0.25, 0.3) is 0 Å². The Kier molecular flexibility index (Phi) is 4.28. The maximum atomic E-state index is 12.4. The molecular weight excluding hydrogens is 276 g/mol. The second-order valence-corrected chi connectivity index (χ2v) is 7.96. The van der Waals surface area contributed by atoms with Crippen molar-refractivity contribution in [1.29, 1.82) is 0 Å². The maximum Gasteiger partial charge on any atom is 0.141 e. The Morgan fingerprint density at radius 3 is 2.68 bits per heavy atom. The van der Waals surface area contributed by atoms with E-state index < -0.39 is 0 Å². The minimum absolute atomic E-state index is 0.320. The third kappa shape index (κ3) is 3.22. The Bertz CT molecular complexity index is 453. The number of fused-ring (bicyclic) bond motifs is 1. The second-order valence-electron chi connectivity index (χ2n) is 6.16. The van der Waals surface area contributed by atoms with Crippen LogP contribution in [0.5, 0.6) is 0 Å². The average molecular weight is 297 g/mol. The van der Waals surface area contributed by atoms with E-state index in [9.17, 15) is 4.79 Å². The van der Waals surface area contributed by atoms with Crippen LogP contribution in [0.1, 0.15) is 49.8 Å². The smallest absolute Gasteiger partial charge is 0.141 e. The number of hydrogen-bond acceptors (Lipinski definition) is 2. The van der Waals surface area contributed by atoms with Gasteiger partial charge in [-0.05, 0) is 43.2 Å². The summed E-state index contributed by atoms with van der Waals surface area (Å²) in [4.78, 5) is 13.5. The zero-order valence-electron chi connectivity index (χ0n) is 11.2. The molecule has 0 saturated heterocycles. The van der Waals surface area contributed by atoms with Gasteiger partial charge in [0.1, 0.15) is 5.78 Å². The first-order chi connectivity index (χ1) is 9.22. The molecule has 3 rings (SSSR count). The van der Waals surface area contributed by atoms with E-state index in [0.717, 1.165) is 33.9 Å². The number of hydrogen-bond donors (Lipinski definition) is 0. The van der Waals surface area contributed by atoms with Crippen LogP contribution in [-0.2, 0) is 11.2 Å². The second kappa shape index (κ2) is 5.97. The van der Waals surface area contributed by atoms with Crippen LogP contribution in [0.15, 0.2) is 12.1 Å². The molecule has 2 fully saturated rings. The van der Waals surface area contributed by atoms with Gasteiger partial charge in [-0.15, -0.1) is 11.3 Å². The number of rotatable bonds is 3. The summed E-state index contributed by atoms with van der Waals surface area (Å²) in [6.45, 7) is 0. The maximum absolute atomic E-state index is 12.4. The molecule has 19 heavy (non-hydrogen) atoms. The van der Waals surface area contributed by atoms with Gasteiger partial charge < -0.3 is 0 Å². The van der Waals surface area contributed by atoms with E-state index in [2.05, 4.69) is 0 Å². The summed E-state index contributed by atoms with van der Waals surface area (Å²) in [5.41, 5.74) is 0. The predicted molar refractivity (Wildman–Crippen MR) is 80.8 cm³/mol. The summed E-state index contributed by atoms with van der Waals surface area (Å²) in [5, 5.41) is 0. The van der Waals surface area contributed by atoms with Crippen molar-refractivity contribution in [3.8, 4) is 0 Å². The molecule has 0 amide bonds. The number of halogens is 1. The summed E-state index contributed by atoms with van der Waals surface area (Å²) in [6.07, 6.45) is 9.72. The van der Waals surface area contributed by atoms with Gasteiger partial charge in [-0.2, -0.15) is 0 Å². The van der Waals surface area contributed by atoms with Crippen molar-refractivity contribution in [2.45, 2.75) is 51.4 Å².